The molecule has 2 fully saturated rings. The van der Waals surface area contributed by atoms with Crippen LogP contribution in [0.5, 0.6) is 0 Å². The molecule has 2 saturated heterocycles. The second-order valence-corrected chi connectivity index (χ2v) is 12.5. The molecule has 0 saturated carbocycles. The Morgan fingerprint density at radius 3 is 2.30 bits per heavy atom. The number of unbranched alkanes of at least 4 members (excludes halogenated alkanes) is 3. The fraction of sp³-hybridized carbons (Fsp3) is 0.459. The zero-order valence-corrected chi connectivity index (χ0v) is 26.4. The molecular formula is C37H46N2O7. The largest absolute Gasteiger partial charge is 0.481 e. The summed E-state index contributed by atoms with van der Waals surface area (Å²) in [5, 5.41) is 31.3. The molecule has 5 rings (SSSR count). The number of ether oxygens (including phenoxy) is 2. The van der Waals surface area contributed by atoms with E-state index in [2.05, 4.69) is 34.5 Å². The van der Waals surface area contributed by atoms with Crippen LogP contribution in [0.15, 0.2) is 72.8 Å². The van der Waals surface area contributed by atoms with Gasteiger partial charge in [-0.2, -0.15) is 0 Å². The summed E-state index contributed by atoms with van der Waals surface area (Å²) in [4.78, 5) is 25.3. The van der Waals surface area contributed by atoms with Crippen LogP contribution < -0.4 is 5.32 Å². The number of rotatable bonds is 15. The van der Waals surface area contributed by atoms with Gasteiger partial charge >= 0.3 is 5.97 Å². The summed E-state index contributed by atoms with van der Waals surface area (Å²) in [6.45, 7) is 2.66. The fourth-order valence-corrected chi connectivity index (χ4v) is 6.23. The Morgan fingerprint density at radius 2 is 1.59 bits per heavy atom. The molecule has 0 aromatic heterocycles. The highest BCUT2D eigenvalue weighted by Crippen LogP contribution is 2.39. The van der Waals surface area contributed by atoms with Gasteiger partial charge in [-0.25, -0.2) is 0 Å². The van der Waals surface area contributed by atoms with Crippen molar-refractivity contribution < 1.29 is 34.4 Å². The molecule has 9 nitrogen and oxygen atoms in total. The third-order valence-electron chi connectivity index (χ3n) is 8.78. The van der Waals surface area contributed by atoms with Gasteiger partial charge in [0.05, 0.1) is 24.9 Å². The van der Waals surface area contributed by atoms with Gasteiger partial charge in [0.15, 0.2) is 6.29 Å². The fourth-order valence-electron chi connectivity index (χ4n) is 6.23. The van der Waals surface area contributed by atoms with Crippen LogP contribution in [0.3, 0.4) is 0 Å². The molecule has 2 aliphatic rings. The van der Waals surface area contributed by atoms with E-state index in [9.17, 15) is 19.8 Å². The van der Waals surface area contributed by atoms with E-state index < -0.39 is 12.3 Å². The van der Waals surface area contributed by atoms with Crippen LogP contribution in [0.2, 0.25) is 0 Å². The Morgan fingerprint density at radius 1 is 0.848 bits per heavy atom. The lowest BCUT2D eigenvalue weighted by atomic mass is 9.98. The maximum Gasteiger partial charge on any atom is 0.303 e. The Hall–Kier alpha value is -3.60. The highest BCUT2D eigenvalue weighted by atomic mass is 16.7. The third-order valence-corrected chi connectivity index (χ3v) is 8.78. The molecule has 4 atom stereocenters. The molecule has 0 aliphatic carbocycles. The molecule has 0 unspecified atom stereocenters. The van der Waals surface area contributed by atoms with E-state index in [0.29, 0.717) is 32.4 Å². The van der Waals surface area contributed by atoms with E-state index in [1.165, 1.54) is 0 Å². The van der Waals surface area contributed by atoms with E-state index >= 15 is 0 Å². The van der Waals surface area contributed by atoms with Crippen molar-refractivity contribution in [2.24, 2.45) is 0 Å². The first kappa shape index (κ1) is 33.8. The third kappa shape index (κ3) is 9.95. The molecule has 0 spiro atoms. The summed E-state index contributed by atoms with van der Waals surface area (Å²) in [7, 11) is 0. The van der Waals surface area contributed by atoms with Gasteiger partial charge in [-0.15, -0.1) is 0 Å². The number of carboxylic acid groups (broad SMARTS) is 1. The summed E-state index contributed by atoms with van der Waals surface area (Å²) in [6, 6.07) is 24.2. The molecule has 1 amide bonds. The average molecular weight is 631 g/mol. The van der Waals surface area contributed by atoms with Crippen molar-refractivity contribution in [1.29, 1.82) is 0 Å². The average Bonchev–Trinajstić information content (AvgIpc) is 3.49. The highest BCUT2D eigenvalue weighted by Gasteiger charge is 2.34. The summed E-state index contributed by atoms with van der Waals surface area (Å²) in [6.07, 6.45) is 4.03. The van der Waals surface area contributed by atoms with Gasteiger partial charge in [-0.1, -0.05) is 73.5 Å². The lowest BCUT2D eigenvalue weighted by Crippen LogP contribution is -2.38. The number of amides is 1. The summed E-state index contributed by atoms with van der Waals surface area (Å²) >= 11 is 0. The van der Waals surface area contributed by atoms with E-state index in [1.807, 2.05) is 48.5 Å². The van der Waals surface area contributed by atoms with Gasteiger partial charge in [-0.05, 0) is 59.2 Å². The van der Waals surface area contributed by atoms with Gasteiger partial charge < -0.3 is 30.1 Å². The van der Waals surface area contributed by atoms with Crippen LogP contribution in [0.1, 0.15) is 86.0 Å². The number of nitrogens with one attached hydrogen (secondary N) is 1. The first-order chi connectivity index (χ1) is 22.4. The molecule has 4 N–H and O–H groups in total. The van der Waals surface area contributed by atoms with Gasteiger partial charge in [-0.3, -0.25) is 14.5 Å². The van der Waals surface area contributed by atoms with E-state index in [0.717, 1.165) is 72.2 Å². The molecule has 2 heterocycles. The van der Waals surface area contributed by atoms with Crippen LogP contribution in [-0.4, -0.2) is 63.9 Å². The van der Waals surface area contributed by atoms with Gasteiger partial charge in [0.2, 0.25) is 5.91 Å². The second kappa shape index (κ2) is 16.8. The molecular weight excluding hydrogens is 584 g/mol. The number of carbonyl (C=O) groups excluding carboxylic acids is 1. The van der Waals surface area contributed by atoms with Crippen molar-refractivity contribution >= 4 is 11.9 Å². The minimum absolute atomic E-state index is 0.00391. The van der Waals surface area contributed by atoms with E-state index in [1.54, 1.807) is 0 Å². The number of aliphatic hydroxyl groups excluding tert-OH is 2. The lowest BCUT2D eigenvalue weighted by molar-refractivity contribution is -0.252. The number of β-amino-alcohol motifs (C(OH)–C–C–N with tert-alkyl or cyclic N) is 1. The van der Waals surface area contributed by atoms with Crippen molar-refractivity contribution in [3.05, 3.63) is 95.1 Å². The molecule has 0 bridgehead atoms. The Kier molecular flexibility index (Phi) is 12.3. The highest BCUT2D eigenvalue weighted by molar-refractivity contribution is 5.76. The second-order valence-electron chi connectivity index (χ2n) is 12.5. The molecule has 46 heavy (non-hydrogen) atoms. The van der Waals surface area contributed by atoms with E-state index in [-0.39, 0.29) is 37.2 Å². The first-order valence-electron chi connectivity index (χ1n) is 16.4. The van der Waals surface area contributed by atoms with Crippen molar-refractivity contribution in [3.8, 4) is 11.1 Å². The van der Waals surface area contributed by atoms with Gasteiger partial charge in [0, 0.05) is 51.0 Å². The molecule has 3 aromatic rings. The number of aliphatic hydroxyl groups is 2. The van der Waals surface area contributed by atoms with Gasteiger partial charge in [0.1, 0.15) is 0 Å². The van der Waals surface area contributed by atoms with Crippen LogP contribution in [-0.2, 0) is 32.2 Å². The van der Waals surface area contributed by atoms with Crippen molar-refractivity contribution in [2.45, 2.75) is 89.1 Å². The number of likely N-dealkylation sites (tertiary alicyclic amines) is 1. The monoisotopic (exact) mass is 630 g/mol. The molecule has 3 aromatic carbocycles. The maximum atomic E-state index is 12.4. The van der Waals surface area contributed by atoms with Crippen LogP contribution in [0, 0.1) is 0 Å². The minimum Gasteiger partial charge on any atom is -0.481 e. The zero-order valence-electron chi connectivity index (χ0n) is 26.4. The first-order valence-corrected chi connectivity index (χ1v) is 16.4. The number of hydrogen-bond donors (Lipinski definition) is 4. The maximum absolute atomic E-state index is 12.4. The van der Waals surface area contributed by atoms with Crippen molar-refractivity contribution in [3.63, 3.8) is 0 Å². The Labute approximate surface area is 271 Å². The Balaban J connectivity index is 1.23. The molecule has 2 aliphatic heterocycles. The minimum atomic E-state index is -0.777. The molecule has 0 radical (unpaired) electrons. The summed E-state index contributed by atoms with van der Waals surface area (Å²) in [5.41, 5.74) is 5.87. The Bertz CT molecular complexity index is 1430. The number of hydrogen-bond acceptors (Lipinski definition) is 7. The number of benzene rings is 3. The van der Waals surface area contributed by atoms with Crippen LogP contribution in [0.4, 0.5) is 0 Å². The van der Waals surface area contributed by atoms with Gasteiger partial charge in [0.25, 0.3) is 0 Å². The predicted molar refractivity (Wildman–Crippen MR) is 175 cm³/mol. The number of aliphatic carboxylic acids is 1. The molecule has 246 valence electrons. The predicted octanol–water partition coefficient (Wildman–Crippen LogP) is 5.50. The number of carbonyl (C=O) groups is 2. The molecule has 9 heteroatoms. The SMILES string of the molecule is O=C(O)CCCCCCC(=O)NCc1cccc(-c2cccc([C@@H]3O[C@H](CN4CC[C@H](O)C4)C[C@H](c4ccc(CO)cc4)O3)c2)c1. The van der Waals surface area contributed by atoms with E-state index in [4.69, 9.17) is 14.6 Å². The number of nitrogens with zero attached hydrogens (tertiary/aromatic N) is 1. The standard InChI is InChI=1S/C37H46N2O7/c40-25-26-13-15-28(16-14-26)34-21-33(24-39-18-17-32(41)23-39)45-37(46-34)31-10-6-9-30(20-31)29-8-5-7-27(19-29)22-38-35(42)11-3-1-2-4-12-36(43)44/h5-10,13-16,19-20,32-34,37,40-41H,1-4,11-12,17-18,21-25H2,(H,38,42)(H,43,44)/t32-,33-,34+,37+/m0/s1. The summed E-state index contributed by atoms with van der Waals surface area (Å²) in [5.74, 6) is -0.780. The summed E-state index contributed by atoms with van der Waals surface area (Å²) < 4.78 is 13.1. The quantitative estimate of drug-likeness (QED) is 0.162. The lowest BCUT2D eigenvalue weighted by Gasteiger charge is -2.38. The van der Waals surface area contributed by atoms with Crippen LogP contribution >= 0.6 is 0 Å². The normalized spacial score (nSPS) is 21.7. The number of carboxylic acids is 1. The topological polar surface area (TPSA) is 129 Å². The van der Waals surface area contributed by atoms with Crippen molar-refractivity contribution in [2.75, 3.05) is 19.6 Å². The van der Waals surface area contributed by atoms with Crippen LogP contribution in [0.25, 0.3) is 11.1 Å². The zero-order chi connectivity index (χ0) is 32.3. The smallest absolute Gasteiger partial charge is 0.303 e. The van der Waals surface area contributed by atoms with Crippen molar-refractivity contribution in [1.82, 2.24) is 10.2 Å².